The molecule has 1 aliphatic carbocycles. The van der Waals surface area contributed by atoms with E-state index in [9.17, 15) is 9.90 Å². The Morgan fingerprint density at radius 3 is 2.89 bits per heavy atom. The molecule has 2 rings (SSSR count). The van der Waals surface area contributed by atoms with Crippen LogP contribution >= 0.6 is 0 Å². The van der Waals surface area contributed by atoms with Gasteiger partial charge in [0.05, 0.1) is 0 Å². The molecule has 1 aromatic rings. The van der Waals surface area contributed by atoms with Crippen LogP contribution < -0.4 is 5.32 Å². The molecule has 1 fully saturated rings. The molecule has 2 N–H and O–H groups in total. The van der Waals surface area contributed by atoms with E-state index in [0.29, 0.717) is 11.5 Å². The molecule has 0 radical (unpaired) electrons. The van der Waals surface area contributed by atoms with Crippen molar-refractivity contribution in [2.45, 2.75) is 39.5 Å². The first-order valence-electron chi connectivity index (χ1n) is 7.14. The quantitative estimate of drug-likeness (QED) is 0.877. The second kappa shape index (κ2) is 6.09. The smallest absolute Gasteiger partial charge is 0.251 e. The van der Waals surface area contributed by atoms with E-state index in [4.69, 9.17) is 0 Å². The number of aromatic hydroxyl groups is 1. The zero-order valence-corrected chi connectivity index (χ0v) is 11.8. The molecule has 1 amide bonds. The number of phenols is 1. The van der Waals surface area contributed by atoms with Crippen LogP contribution in [0.4, 0.5) is 0 Å². The van der Waals surface area contributed by atoms with Gasteiger partial charge in [-0.15, -0.1) is 0 Å². The Morgan fingerprint density at radius 1 is 1.42 bits per heavy atom. The fourth-order valence-corrected chi connectivity index (χ4v) is 2.88. The summed E-state index contributed by atoms with van der Waals surface area (Å²) in [5.41, 5.74) is 1.36. The van der Waals surface area contributed by atoms with Crippen LogP contribution in [0, 0.1) is 18.8 Å². The van der Waals surface area contributed by atoms with E-state index < -0.39 is 0 Å². The van der Waals surface area contributed by atoms with Gasteiger partial charge in [-0.2, -0.15) is 0 Å². The van der Waals surface area contributed by atoms with Gasteiger partial charge in [0.1, 0.15) is 5.75 Å². The number of benzene rings is 1. The first-order chi connectivity index (χ1) is 9.06. The number of aryl methyl sites for hydroxylation is 1. The molecule has 3 nitrogen and oxygen atoms in total. The largest absolute Gasteiger partial charge is 0.508 e. The van der Waals surface area contributed by atoms with Crippen molar-refractivity contribution in [3.63, 3.8) is 0 Å². The van der Waals surface area contributed by atoms with Gasteiger partial charge in [-0.05, 0) is 55.4 Å². The summed E-state index contributed by atoms with van der Waals surface area (Å²) in [4.78, 5) is 12.0. The number of amides is 1. The lowest BCUT2D eigenvalue weighted by Crippen LogP contribution is -2.31. The van der Waals surface area contributed by atoms with Gasteiger partial charge >= 0.3 is 0 Å². The van der Waals surface area contributed by atoms with E-state index in [2.05, 4.69) is 12.2 Å². The summed E-state index contributed by atoms with van der Waals surface area (Å²) < 4.78 is 0. The second-order valence-corrected chi connectivity index (χ2v) is 5.85. The Bertz CT molecular complexity index is 456. The molecule has 1 saturated carbocycles. The fourth-order valence-electron chi connectivity index (χ4n) is 2.88. The van der Waals surface area contributed by atoms with Crippen molar-refractivity contribution < 1.29 is 9.90 Å². The van der Waals surface area contributed by atoms with Gasteiger partial charge in [0.2, 0.25) is 0 Å². The van der Waals surface area contributed by atoms with E-state index in [1.807, 2.05) is 0 Å². The number of hydrogen-bond acceptors (Lipinski definition) is 2. The molecule has 0 aromatic heterocycles. The molecule has 1 aliphatic rings. The molecule has 104 valence electrons. The molecule has 2 unspecified atom stereocenters. The molecular formula is C16H23NO2. The number of carbonyl (C=O) groups excluding carboxylic acids is 1. The molecule has 0 aliphatic heterocycles. The van der Waals surface area contributed by atoms with Crippen molar-refractivity contribution in [1.82, 2.24) is 5.32 Å². The van der Waals surface area contributed by atoms with Gasteiger partial charge in [-0.3, -0.25) is 4.79 Å². The van der Waals surface area contributed by atoms with Crippen molar-refractivity contribution in [1.29, 1.82) is 0 Å². The molecule has 0 saturated heterocycles. The average molecular weight is 261 g/mol. The fraction of sp³-hybridized carbons (Fsp3) is 0.562. The maximum Gasteiger partial charge on any atom is 0.251 e. The maximum absolute atomic E-state index is 12.0. The van der Waals surface area contributed by atoms with E-state index in [-0.39, 0.29) is 11.7 Å². The SMILES string of the molecule is Cc1cc(C(=O)NCC2CCCC(C)C2)ccc1O. The number of carbonyl (C=O) groups is 1. The third-order valence-corrected chi connectivity index (χ3v) is 4.06. The minimum Gasteiger partial charge on any atom is -0.508 e. The first kappa shape index (κ1) is 13.9. The van der Waals surface area contributed by atoms with Crippen molar-refractivity contribution >= 4 is 5.91 Å². The first-order valence-corrected chi connectivity index (χ1v) is 7.14. The topological polar surface area (TPSA) is 49.3 Å². The Kier molecular flexibility index (Phi) is 4.46. The number of nitrogens with one attached hydrogen (secondary N) is 1. The van der Waals surface area contributed by atoms with Crippen molar-refractivity contribution in [3.8, 4) is 5.75 Å². The van der Waals surface area contributed by atoms with Crippen LogP contribution in [-0.4, -0.2) is 17.6 Å². The highest BCUT2D eigenvalue weighted by molar-refractivity contribution is 5.94. The zero-order valence-electron chi connectivity index (χ0n) is 11.8. The molecule has 1 aromatic carbocycles. The van der Waals surface area contributed by atoms with E-state index in [0.717, 1.165) is 18.0 Å². The Balaban J connectivity index is 1.88. The van der Waals surface area contributed by atoms with E-state index >= 15 is 0 Å². The molecule has 2 atom stereocenters. The average Bonchev–Trinajstić information content (AvgIpc) is 2.39. The summed E-state index contributed by atoms with van der Waals surface area (Å²) in [5.74, 6) is 1.59. The van der Waals surface area contributed by atoms with Gasteiger partial charge in [0, 0.05) is 12.1 Å². The van der Waals surface area contributed by atoms with Gasteiger partial charge in [0.15, 0.2) is 0 Å². The summed E-state index contributed by atoms with van der Waals surface area (Å²) in [5, 5.41) is 12.5. The van der Waals surface area contributed by atoms with Crippen molar-refractivity contribution in [2.24, 2.45) is 11.8 Å². The van der Waals surface area contributed by atoms with Crippen LogP contribution in [0.3, 0.4) is 0 Å². The monoisotopic (exact) mass is 261 g/mol. The number of hydrogen-bond donors (Lipinski definition) is 2. The van der Waals surface area contributed by atoms with Crippen LogP contribution in [0.1, 0.15) is 48.5 Å². The lowest BCUT2D eigenvalue weighted by molar-refractivity contribution is 0.0940. The van der Waals surface area contributed by atoms with Crippen LogP contribution in [0.15, 0.2) is 18.2 Å². The van der Waals surface area contributed by atoms with Crippen molar-refractivity contribution in [2.75, 3.05) is 6.54 Å². The lowest BCUT2D eigenvalue weighted by atomic mass is 9.82. The zero-order chi connectivity index (χ0) is 13.8. The number of rotatable bonds is 3. The molecule has 19 heavy (non-hydrogen) atoms. The standard InChI is InChI=1S/C16H23NO2/c1-11-4-3-5-13(8-11)10-17-16(19)14-6-7-15(18)12(2)9-14/h6-7,9,11,13,18H,3-5,8,10H2,1-2H3,(H,17,19). The summed E-state index contributed by atoms with van der Waals surface area (Å²) >= 11 is 0. The van der Waals surface area contributed by atoms with Crippen molar-refractivity contribution in [3.05, 3.63) is 29.3 Å². The highest BCUT2D eigenvalue weighted by Gasteiger charge is 2.19. The molecule has 0 spiro atoms. The van der Waals surface area contributed by atoms with Crippen LogP contribution in [0.2, 0.25) is 0 Å². The molecule has 0 heterocycles. The summed E-state index contributed by atoms with van der Waals surface area (Å²) in [6.07, 6.45) is 5.04. The van der Waals surface area contributed by atoms with Gasteiger partial charge in [-0.25, -0.2) is 0 Å². The van der Waals surface area contributed by atoms with Gasteiger partial charge in [0.25, 0.3) is 5.91 Å². The Morgan fingerprint density at radius 2 is 2.21 bits per heavy atom. The predicted molar refractivity (Wildman–Crippen MR) is 76.3 cm³/mol. The third kappa shape index (κ3) is 3.72. The van der Waals surface area contributed by atoms with Crippen LogP contribution in [0.25, 0.3) is 0 Å². The Labute approximate surface area is 115 Å². The highest BCUT2D eigenvalue weighted by atomic mass is 16.3. The third-order valence-electron chi connectivity index (χ3n) is 4.06. The van der Waals surface area contributed by atoms with Crippen LogP contribution in [0.5, 0.6) is 5.75 Å². The highest BCUT2D eigenvalue weighted by Crippen LogP contribution is 2.28. The summed E-state index contributed by atoms with van der Waals surface area (Å²) in [6.45, 7) is 4.86. The van der Waals surface area contributed by atoms with E-state index in [1.165, 1.54) is 25.7 Å². The van der Waals surface area contributed by atoms with Gasteiger partial charge in [-0.1, -0.05) is 19.8 Å². The lowest BCUT2D eigenvalue weighted by Gasteiger charge is -2.26. The number of phenolic OH excluding ortho intramolecular Hbond substituents is 1. The minimum absolute atomic E-state index is 0.0404. The molecule has 0 bridgehead atoms. The Hall–Kier alpha value is -1.51. The summed E-state index contributed by atoms with van der Waals surface area (Å²) in [7, 11) is 0. The maximum atomic E-state index is 12.0. The predicted octanol–water partition coefficient (Wildman–Crippen LogP) is 3.26. The molecular weight excluding hydrogens is 238 g/mol. The molecule has 3 heteroatoms. The van der Waals surface area contributed by atoms with Gasteiger partial charge < -0.3 is 10.4 Å². The van der Waals surface area contributed by atoms with E-state index in [1.54, 1.807) is 25.1 Å². The minimum atomic E-state index is -0.0404. The second-order valence-electron chi connectivity index (χ2n) is 5.85. The summed E-state index contributed by atoms with van der Waals surface area (Å²) in [6, 6.07) is 4.97. The van der Waals surface area contributed by atoms with Crippen LogP contribution in [-0.2, 0) is 0 Å². The normalized spacial score (nSPS) is 23.1.